The standard InChI is InChI=1S/C12H14N2O3/c1-13-5-12(6-16-7-12)8-2-3-9-10(4-8)17-11(15)14-9/h2-4,13H,5-7H2,1H3,(H,14,15). The molecule has 1 saturated heterocycles. The number of nitrogens with one attached hydrogen (secondary N) is 2. The van der Waals surface area contributed by atoms with Crippen molar-refractivity contribution in [2.75, 3.05) is 26.8 Å². The van der Waals surface area contributed by atoms with E-state index in [1.807, 2.05) is 25.2 Å². The van der Waals surface area contributed by atoms with Gasteiger partial charge in [-0.15, -0.1) is 0 Å². The zero-order valence-corrected chi connectivity index (χ0v) is 9.58. The minimum absolute atomic E-state index is 0.0127. The first-order valence-electron chi connectivity index (χ1n) is 5.59. The van der Waals surface area contributed by atoms with Crippen LogP contribution in [0.2, 0.25) is 0 Å². The van der Waals surface area contributed by atoms with Crippen molar-refractivity contribution in [3.05, 3.63) is 34.3 Å². The third-order valence-electron chi connectivity index (χ3n) is 3.31. The van der Waals surface area contributed by atoms with Crippen molar-refractivity contribution in [3.8, 4) is 0 Å². The maximum Gasteiger partial charge on any atom is 0.417 e. The Morgan fingerprint density at radius 2 is 2.29 bits per heavy atom. The monoisotopic (exact) mass is 234 g/mol. The molecule has 0 radical (unpaired) electrons. The second-order valence-corrected chi connectivity index (χ2v) is 4.53. The average Bonchev–Trinajstić information content (AvgIpc) is 2.62. The summed E-state index contributed by atoms with van der Waals surface area (Å²) in [6.07, 6.45) is 0. The summed E-state index contributed by atoms with van der Waals surface area (Å²) in [5.41, 5.74) is 2.50. The van der Waals surface area contributed by atoms with Crippen LogP contribution < -0.4 is 11.1 Å². The van der Waals surface area contributed by atoms with Crippen LogP contribution in [0.1, 0.15) is 5.56 Å². The molecule has 0 aliphatic carbocycles. The van der Waals surface area contributed by atoms with Crippen molar-refractivity contribution < 1.29 is 9.15 Å². The van der Waals surface area contributed by atoms with Crippen LogP contribution >= 0.6 is 0 Å². The number of ether oxygens (including phenoxy) is 1. The van der Waals surface area contributed by atoms with Gasteiger partial charge in [0.25, 0.3) is 0 Å². The molecule has 1 aromatic carbocycles. The minimum Gasteiger partial charge on any atom is -0.408 e. The molecular formula is C12H14N2O3. The first kappa shape index (κ1) is 10.6. The highest BCUT2D eigenvalue weighted by atomic mass is 16.5. The highest BCUT2D eigenvalue weighted by Crippen LogP contribution is 2.33. The van der Waals surface area contributed by atoms with E-state index in [9.17, 15) is 4.79 Å². The molecule has 0 unspecified atom stereocenters. The van der Waals surface area contributed by atoms with E-state index in [-0.39, 0.29) is 5.41 Å². The van der Waals surface area contributed by atoms with Crippen LogP contribution in [0, 0.1) is 0 Å². The Balaban J connectivity index is 2.07. The number of H-pyrrole nitrogens is 1. The Kier molecular flexibility index (Phi) is 2.31. The van der Waals surface area contributed by atoms with E-state index in [1.54, 1.807) is 0 Å². The highest BCUT2D eigenvalue weighted by Gasteiger charge is 2.39. The Morgan fingerprint density at radius 1 is 1.47 bits per heavy atom. The number of aromatic amines is 1. The zero-order chi connectivity index (χ0) is 11.9. The zero-order valence-electron chi connectivity index (χ0n) is 9.58. The van der Waals surface area contributed by atoms with E-state index in [4.69, 9.17) is 9.15 Å². The van der Waals surface area contributed by atoms with E-state index >= 15 is 0 Å². The lowest BCUT2D eigenvalue weighted by Crippen LogP contribution is -2.52. The van der Waals surface area contributed by atoms with Crippen molar-refractivity contribution in [1.29, 1.82) is 0 Å². The summed E-state index contributed by atoms with van der Waals surface area (Å²) in [5.74, 6) is -0.412. The smallest absolute Gasteiger partial charge is 0.408 e. The van der Waals surface area contributed by atoms with Crippen molar-refractivity contribution in [2.45, 2.75) is 5.41 Å². The lowest BCUT2D eigenvalue weighted by Gasteiger charge is -2.41. The van der Waals surface area contributed by atoms with Crippen molar-refractivity contribution in [3.63, 3.8) is 0 Å². The molecule has 17 heavy (non-hydrogen) atoms. The van der Waals surface area contributed by atoms with E-state index in [2.05, 4.69) is 10.3 Å². The number of aromatic nitrogens is 1. The summed E-state index contributed by atoms with van der Waals surface area (Å²) in [4.78, 5) is 13.7. The molecule has 3 rings (SSSR count). The highest BCUT2D eigenvalue weighted by molar-refractivity contribution is 5.73. The van der Waals surface area contributed by atoms with Gasteiger partial charge in [0.2, 0.25) is 0 Å². The van der Waals surface area contributed by atoms with Gasteiger partial charge in [-0.05, 0) is 24.7 Å². The SMILES string of the molecule is CNCC1(c2ccc3[nH]c(=O)oc3c2)COC1. The maximum absolute atomic E-state index is 11.1. The minimum atomic E-state index is -0.412. The van der Waals surface area contributed by atoms with Gasteiger partial charge >= 0.3 is 5.76 Å². The number of likely N-dealkylation sites (N-methyl/N-ethyl adjacent to an activating group) is 1. The molecule has 0 amide bonds. The molecule has 2 aromatic rings. The number of rotatable bonds is 3. The van der Waals surface area contributed by atoms with Crippen molar-refractivity contribution in [2.24, 2.45) is 0 Å². The van der Waals surface area contributed by atoms with E-state index in [0.717, 1.165) is 17.6 Å². The number of hydrogen-bond donors (Lipinski definition) is 2. The maximum atomic E-state index is 11.1. The molecule has 1 fully saturated rings. The van der Waals surface area contributed by atoms with Gasteiger partial charge in [0.1, 0.15) is 0 Å². The summed E-state index contributed by atoms with van der Waals surface area (Å²) in [7, 11) is 1.93. The second-order valence-electron chi connectivity index (χ2n) is 4.53. The van der Waals surface area contributed by atoms with Gasteiger partial charge in [-0.3, -0.25) is 4.98 Å². The molecular weight excluding hydrogens is 220 g/mol. The summed E-state index contributed by atoms with van der Waals surface area (Å²) < 4.78 is 10.4. The van der Waals surface area contributed by atoms with Gasteiger partial charge in [-0.1, -0.05) is 6.07 Å². The van der Waals surface area contributed by atoms with E-state index in [0.29, 0.717) is 18.8 Å². The van der Waals surface area contributed by atoms with Gasteiger partial charge in [0.15, 0.2) is 5.58 Å². The topological polar surface area (TPSA) is 67.3 Å². The molecule has 2 heterocycles. The fraction of sp³-hybridized carbons (Fsp3) is 0.417. The van der Waals surface area contributed by atoms with Crippen LogP contribution in [0.25, 0.3) is 11.1 Å². The molecule has 5 nitrogen and oxygen atoms in total. The Morgan fingerprint density at radius 3 is 2.94 bits per heavy atom. The first-order chi connectivity index (χ1) is 8.23. The molecule has 0 atom stereocenters. The fourth-order valence-electron chi connectivity index (χ4n) is 2.33. The summed E-state index contributed by atoms with van der Waals surface area (Å²) in [6.45, 7) is 2.26. The molecule has 1 aliphatic heterocycles. The fourth-order valence-corrected chi connectivity index (χ4v) is 2.33. The van der Waals surface area contributed by atoms with E-state index < -0.39 is 5.76 Å². The van der Waals surface area contributed by atoms with Crippen LogP contribution in [0.3, 0.4) is 0 Å². The number of hydrogen-bond acceptors (Lipinski definition) is 4. The molecule has 0 spiro atoms. The number of benzene rings is 1. The second kappa shape index (κ2) is 3.72. The Labute approximate surface area is 97.8 Å². The quantitative estimate of drug-likeness (QED) is 0.816. The van der Waals surface area contributed by atoms with Crippen molar-refractivity contribution in [1.82, 2.24) is 10.3 Å². The molecule has 90 valence electrons. The van der Waals surface area contributed by atoms with Crippen LogP contribution in [-0.2, 0) is 10.2 Å². The van der Waals surface area contributed by atoms with Crippen LogP contribution in [-0.4, -0.2) is 31.8 Å². The lowest BCUT2D eigenvalue weighted by atomic mass is 9.78. The summed E-state index contributed by atoms with van der Waals surface area (Å²) in [5, 5.41) is 3.18. The molecule has 1 aliphatic rings. The normalized spacial score (nSPS) is 18.2. The lowest BCUT2D eigenvalue weighted by molar-refractivity contribution is -0.0582. The molecule has 1 aromatic heterocycles. The number of fused-ring (bicyclic) bond motifs is 1. The van der Waals surface area contributed by atoms with Gasteiger partial charge < -0.3 is 14.5 Å². The van der Waals surface area contributed by atoms with Gasteiger partial charge in [0.05, 0.1) is 24.1 Å². The van der Waals surface area contributed by atoms with Crippen molar-refractivity contribution >= 4 is 11.1 Å². The summed E-state index contributed by atoms with van der Waals surface area (Å²) in [6, 6.07) is 5.83. The third-order valence-corrected chi connectivity index (χ3v) is 3.31. The predicted octanol–water partition coefficient (Wildman–Crippen LogP) is 0.608. The van der Waals surface area contributed by atoms with Gasteiger partial charge in [-0.25, -0.2) is 4.79 Å². The van der Waals surface area contributed by atoms with Crippen LogP contribution in [0.4, 0.5) is 0 Å². The Bertz CT molecular complexity index is 595. The molecule has 0 saturated carbocycles. The van der Waals surface area contributed by atoms with Gasteiger partial charge in [-0.2, -0.15) is 0 Å². The third kappa shape index (κ3) is 1.59. The predicted molar refractivity (Wildman–Crippen MR) is 63.3 cm³/mol. The van der Waals surface area contributed by atoms with Crippen LogP contribution in [0.15, 0.2) is 27.4 Å². The molecule has 0 bridgehead atoms. The number of oxazole rings is 1. The first-order valence-corrected chi connectivity index (χ1v) is 5.59. The largest absolute Gasteiger partial charge is 0.417 e. The molecule has 5 heteroatoms. The molecule has 2 N–H and O–H groups in total. The van der Waals surface area contributed by atoms with E-state index in [1.165, 1.54) is 0 Å². The van der Waals surface area contributed by atoms with Gasteiger partial charge in [0, 0.05) is 6.54 Å². The summed E-state index contributed by atoms with van der Waals surface area (Å²) >= 11 is 0. The Hall–Kier alpha value is -1.59. The average molecular weight is 234 g/mol. The van der Waals surface area contributed by atoms with Crippen LogP contribution in [0.5, 0.6) is 0 Å².